The number of hydrogen-bond donors (Lipinski definition) is 0. The molecule has 2 aromatic carbocycles. The second-order valence-corrected chi connectivity index (χ2v) is 9.82. The summed E-state index contributed by atoms with van der Waals surface area (Å²) in [6.07, 6.45) is 4.67. The predicted molar refractivity (Wildman–Crippen MR) is 146 cm³/mol. The fourth-order valence-corrected chi connectivity index (χ4v) is 5.24. The minimum atomic E-state index is -0.798. The molecule has 2 aromatic heterocycles. The van der Waals surface area contributed by atoms with Gasteiger partial charge in [-0.2, -0.15) is 0 Å². The van der Waals surface area contributed by atoms with Crippen molar-refractivity contribution in [1.29, 1.82) is 0 Å². The van der Waals surface area contributed by atoms with E-state index in [0.29, 0.717) is 20.6 Å². The van der Waals surface area contributed by atoms with E-state index in [1.54, 1.807) is 37.3 Å². The van der Waals surface area contributed by atoms with E-state index in [4.69, 9.17) is 13.9 Å². The molecular formula is C30H24N2O6S. The molecule has 196 valence electrons. The molecule has 9 heteroatoms. The molecule has 0 bridgehead atoms. The van der Waals surface area contributed by atoms with Gasteiger partial charge in [-0.3, -0.25) is 9.36 Å². The largest absolute Gasteiger partial charge is 0.458 e. The summed E-state index contributed by atoms with van der Waals surface area (Å²) in [6, 6.07) is 16.7. The van der Waals surface area contributed by atoms with E-state index in [0.717, 1.165) is 11.1 Å². The van der Waals surface area contributed by atoms with E-state index in [1.807, 2.05) is 37.3 Å². The number of benzene rings is 2. The van der Waals surface area contributed by atoms with Crippen LogP contribution in [0.5, 0.6) is 5.75 Å². The van der Waals surface area contributed by atoms with Crippen molar-refractivity contribution in [2.24, 2.45) is 4.99 Å². The van der Waals surface area contributed by atoms with Gasteiger partial charge < -0.3 is 13.9 Å². The summed E-state index contributed by atoms with van der Waals surface area (Å²) in [7, 11) is 0. The normalized spacial score (nSPS) is 14.9. The summed E-state index contributed by atoms with van der Waals surface area (Å²) in [5.41, 5.74) is 3.03. The number of carbonyl (C=O) groups excluding carboxylic acids is 2. The molecule has 3 heterocycles. The molecule has 0 saturated carbocycles. The minimum absolute atomic E-state index is 0.0157. The highest BCUT2D eigenvalue weighted by Crippen LogP contribution is 2.31. The van der Waals surface area contributed by atoms with Crippen LogP contribution in [0.15, 0.2) is 105 Å². The number of esters is 2. The highest BCUT2D eigenvalue weighted by molar-refractivity contribution is 7.07. The van der Waals surface area contributed by atoms with E-state index in [1.165, 1.54) is 34.3 Å². The Labute approximate surface area is 227 Å². The van der Waals surface area contributed by atoms with Crippen LogP contribution in [0.1, 0.15) is 40.2 Å². The second-order valence-electron chi connectivity index (χ2n) is 8.82. The maximum Gasteiger partial charge on any atom is 0.379 e. The molecule has 8 nitrogen and oxygen atoms in total. The lowest BCUT2D eigenvalue weighted by molar-refractivity contribution is -0.138. The zero-order valence-electron chi connectivity index (χ0n) is 21.2. The van der Waals surface area contributed by atoms with Crippen LogP contribution in [0.25, 0.3) is 6.08 Å². The number of furan rings is 1. The lowest BCUT2D eigenvalue weighted by Gasteiger charge is -2.24. The molecule has 1 atom stereocenters. The number of aryl methyl sites for hydroxylation is 1. The van der Waals surface area contributed by atoms with E-state index in [9.17, 15) is 14.4 Å². The molecule has 0 radical (unpaired) electrons. The van der Waals surface area contributed by atoms with Gasteiger partial charge in [-0.1, -0.05) is 66.0 Å². The molecule has 1 aliphatic heterocycles. The number of nitrogens with zero attached hydrogens (tertiary/aromatic N) is 2. The Kier molecular flexibility index (Phi) is 7.25. The summed E-state index contributed by atoms with van der Waals surface area (Å²) in [5, 5.41) is 0. The first-order chi connectivity index (χ1) is 18.9. The fourth-order valence-electron chi connectivity index (χ4n) is 4.19. The molecule has 0 amide bonds. The van der Waals surface area contributed by atoms with Gasteiger partial charge in [0.2, 0.25) is 5.76 Å². The van der Waals surface area contributed by atoms with Gasteiger partial charge in [0.05, 0.1) is 28.1 Å². The monoisotopic (exact) mass is 540 g/mol. The smallest absolute Gasteiger partial charge is 0.379 e. The standard InChI is InChI=1S/C30H24N2O6S/c1-4-15-37-29(35)25-19(3)31-30-32(27(33)24(39-30)17-20-9-7-18(2)8-10-20)26(25)21-11-13-22(14-12-21)38-28(34)23-6-5-16-36-23/h4-14,16-17,26H,1,15H2,2-3H3/b24-17+/t26-/m1/s1. The van der Waals surface area contributed by atoms with E-state index < -0.39 is 18.0 Å². The molecule has 0 aliphatic carbocycles. The van der Waals surface area contributed by atoms with Crippen molar-refractivity contribution in [3.63, 3.8) is 0 Å². The highest BCUT2D eigenvalue weighted by Gasteiger charge is 2.33. The van der Waals surface area contributed by atoms with Crippen molar-refractivity contribution in [3.05, 3.63) is 133 Å². The van der Waals surface area contributed by atoms with Crippen molar-refractivity contribution >= 4 is 29.4 Å². The van der Waals surface area contributed by atoms with Crippen LogP contribution in [-0.4, -0.2) is 23.1 Å². The highest BCUT2D eigenvalue weighted by atomic mass is 32.1. The first-order valence-corrected chi connectivity index (χ1v) is 12.9. The molecule has 5 rings (SSSR count). The summed E-state index contributed by atoms with van der Waals surface area (Å²) < 4.78 is 17.8. The van der Waals surface area contributed by atoms with Gasteiger partial charge in [0.25, 0.3) is 5.56 Å². The van der Waals surface area contributed by atoms with Crippen LogP contribution < -0.4 is 19.6 Å². The maximum atomic E-state index is 13.7. The topological polar surface area (TPSA) is 100 Å². The predicted octanol–water partition coefficient (Wildman–Crippen LogP) is 4.09. The van der Waals surface area contributed by atoms with Crippen LogP contribution in [0, 0.1) is 6.92 Å². The van der Waals surface area contributed by atoms with Gasteiger partial charge in [-0.05, 0) is 55.3 Å². The van der Waals surface area contributed by atoms with E-state index in [-0.39, 0.29) is 29.2 Å². The quantitative estimate of drug-likeness (QED) is 0.199. The molecule has 39 heavy (non-hydrogen) atoms. The zero-order chi connectivity index (χ0) is 27.5. The molecular weight excluding hydrogens is 516 g/mol. The third-order valence-corrected chi connectivity index (χ3v) is 7.06. The first-order valence-electron chi connectivity index (χ1n) is 12.1. The van der Waals surface area contributed by atoms with Gasteiger partial charge >= 0.3 is 11.9 Å². The molecule has 4 aromatic rings. The molecule has 1 aliphatic rings. The van der Waals surface area contributed by atoms with Crippen LogP contribution in [-0.2, 0) is 9.53 Å². The summed E-state index contributed by atoms with van der Waals surface area (Å²) >= 11 is 1.25. The van der Waals surface area contributed by atoms with Crippen molar-refractivity contribution in [1.82, 2.24) is 4.57 Å². The van der Waals surface area contributed by atoms with E-state index in [2.05, 4.69) is 11.6 Å². The Morgan fingerprint density at radius 3 is 2.49 bits per heavy atom. The Morgan fingerprint density at radius 1 is 1.08 bits per heavy atom. The van der Waals surface area contributed by atoms with Crippen LogP contribution >= 0.6 is 11.3 Å². The lowest BCUT2D eigenvalue weighted by atomic mass is 9.96. The Bertz CT molecular complexity index is 1760. The molecule has 0 saturated heterocycles. The van der Waals surface area contributed by atoms with Gasteiger partial charge in [-0.25, -0.2) is 14.6 Å². The molecule has 0 spiro atoms. The van der Waals surface area contributed by atoms with Gasteiger partial charge in [0, 0.05) is 0 Å². The number of carbonyl (C=O) groups is 2. The number of fused-ring (bicyclic) bond motifs is 1. The number of thiazole rings is 1. The number of allylic oxidation sites excluding steroid dienone is 1. The number of ether oxygens (including phenoxy) is 2. The summed E-state index contributed by atoms with van der Waals surface area (Å²) in [6.45, 7) is 7.33. The van der Waals surface area contributed by atoms with Gasteiger partial charge in [0.1, 0.15) is 12.4 Å². The SMILES string of the molecule is C=CCOC(=O)C1=C(C)N=c2s/c(=C/c3ccc(C)cc3)c(=O)n2[C@@H]1c1ccc(OC(=O)c2ccco2)cc1. The third-order valence-electron chi connectivity index (χ3n) is 6.08. The van der Waals surface area contributed by atoms with Crippen molar-refractivity contribution in [2.45, 2.75) is 19.9 Å². The van der Waals surface area contributed by atoms with Crippen LogP contribution in [0.3, 0.4) is 0 Å². The molecule has 0 N–H and O–H groups in total. The molecule has 0 unspecified atom stereocenters. The van der Waals surface area contributed by atoms with Gasteiger partial charge in [-0.15, -0.1) is 0 Å². The first kappa shape index (κ1) is 25.9. The molecule has 0 fully saturated rings. The van der Waals surface area contributed by atoms with Crippen molar-refractivity contribution < 1.29 is 23.5 Å². The third kappa shape index (κ3) is 5.30. The number of rotatable bonds is 7. The lowest BCUT2D eigenvalue weighted by Crippen LogP contribution is -2.39. The Balaban J connectivity index is 1.58. The van der Waals surface area contributed by atoms with Gasteiger partial charge in [0.15, 0.2) is 4.80 Å². The van der Waals surface area contributed by atoms with Crippen LogP contribution in [0.4, 0.5) is 0 Å². The fraction of sp³-hybridized carbons (Fsp3) is 0.133. The number of aromatic nitrogens is 1. The average Bonchev–Trinajstić information content (AvgIpc) is 3.57. The average molecular weight is 541 g/mol. The second kappa shape index (κ2) is 10.9. The van der Waals surface area contributed by atoms with Crippen molar-refractivity contribution in [3.8, 4) is 5.75 Å². The van der Waals surface area contributed by atoms with Crippen molar-refractivity contribution in [2.75, 3.05) is 6.61 Å². The Morgan fingerprint density at radius 2 is 1.82 bits per heavy atom. The number of hydrogen-bond acceptors (Lipinski definition) is 8. The summed E-state index contributed by atoms with van der Waals surface area (Å²) in [5.74, 6) is -0.877. The Hall–Kier alpha value is -4.76. The maximum absolute atomic E-state index is 13.7. The zero-order valence-corrected chi connectivity index (χ0v) is 22.1. The minimum Gasteiger partial charge on any atom is -0.458 e. The van der Waals surface area contributed by atoms with E-state index >= 15 is 0 Å². The summed E-state index contributed by atoms with van der Waals surface area (Å²) in [4.78, 5) is 44.2. The van der Waals surface area contributed by atoms with Crippen LogP contribution in [0.2, 0.25) is 0 Å².